The SMILES string of the molecule is CCc1ccc(C(=O)NCCCC(=O)O)cc1. The van der Waals surface area contributed by atoms with Crippen molar-refractivity contribution in [3.8, 4) is 0 Å². The highest BCUT2D eigenvalue weighted by Crippen LogP contribution is 2.04. The molecule has 0 radical (unpaired) electrons. The number of hydrogen-bond acceptors (Lipinski definition) is 2. The zero-order chi connectivity index (χ0) is 12.7. The van der Waals surface area contributed by atoms with Crippen molar-refractivity contribution in [2.75, 3.05) is 6.54 Å². The predicted molar refractivity (Wildman–Crippen MR) is 65.0 cm³/mol. The number of amides is 1. The third kappa shape index (κ3) is 4.68. The number of aryl methyl sites for hydroxylation is 1. The summed E-state index contributed by atoms with van der Waals surface area (Å²) >= 11 is 0. The largest absolute Gasteiger partial charge is 0.481 e. The second-order valence-corrected chi connectivity index (χ2v) is 3.80. The fraction of sp³-hybridized carbons (Fsp3) is 0.385. The van der Waals surface area contributed by atoms with Crippen LogP contribution in [0, 0.1) is 0 Å². The lowest BCUT2D eigenvalue weighted by molar-refractivity contribution is -0.137. The monoisotopic (exact) mass is 235 g/mol. The first kappa shape index (κ1) is 13.2. The minimum Gasteiger partial charge on any atom is -0.481 e. The van der Waals surface area contributed by atoms with Crippen LogP contribution in [0.3, 0.4) is 0 Å². The summed E-state index contributed by atoms with van der Waals surface area (Å²) in [7, 11) is 0. The number of rotatable bonds is 6. The predicted octanol–water partition coefficient (Wildman–Crippen LogP) is 1.84. The van der Waals surface area contributed by atoms with Crippen molar-refractivity contribution in [1.82, 2.24) is 5.32 Å². The molecule has 1 rings (SSSR count). The van der Waals surface area contributed by atoms with Gasteiger partial charge in [0.05, 0.1) is 0 Å². The average Bonchev–Trinajstić information content (AvgIpc) is 2.34. The van der Waals surface area contributed by atoms with E-state index in [2.05, 4.69) is 12.2 Å². The van der Waals surface area contributed by atoms with E-state index in [0.717, 1.165) is 6.42 Å². The number of aliphatic carboxylic acids is 1. The van der Waals surface area contributed by atoms with E-state index in [0.29, 0.717) is 18.5 Å². The van der Waals surface area contributed by atoms with E-state index in [-0.39, 0.29) is 12.3 Å². The molecule has 0 bridgehead atoms. The summed E-state index contributed by atoms with van der Waals surface area (Å²) in [5.41, 5.74) is 1.80. The van der Waals surface area contributed by atoms with Gasteiger partial charge in [-0.25, -0.2) is 0 Å². The minimum absolute atomic E-state index is 0.0784. The zero-order valence-electron chi connectivity index (χ0n) is 9.90. The lowest BCUT2D eigenvalue weighted by Crippen LogP contribution is -2.24. The number of carboxylic acids is 1. The quantitative estimate of drug-likeness (QED) is 0.739. The molecule has 0 aliphatic heterocycles. The standard InChI is InChI=1S/C13H17NO3/c1-2-10-5-7-11(8-6-10)13(17)14-9-3-4-12(15)16/h5-8H,2-4,9H2,1H3,(H,14,17)(H,15,16). The molecular weight excluding hydrogens is 218 g/mol. The van der Waals surface area contributed by atoms with Crippen molar-refractivity contribution >= 4 is 11.9 Å². The maximum atomic E-state index is 11.6. The molecule has 92 valence electrons. The summed E-state index contributed by atoms with van der Waals surface area (Å²) in [6.07, 6.45) is 1.48. The Kier molecular flexibility index (Phi) is 5.20. The first-order valence-electron chi connectivity index (χ1n) is 5.72. The van der Waals surface area contributed by atoms with Gasteiger partial charge >= 0.3 is 5.97 Å². The Hall–Kier alpha value is -1.84. The highest BCUT2D eigenvalue weighted by atomic mass is 16.4. The second kappa shape index (κ2) is 6.68. The summed E-state index contributed by atoms with van der Waals surface area (Å²) < 4.78 is 0. The minimum atomic E-state index is -0.841. The molecule has 2 N–H and O–H groups in total. The van der Waals surface area contributed by atoms with Crippen LogP contribution in [0.4, 0.5) is 0 Å². The Balaban J connectivity index is 2.38. The average molecular weight is 235 g/mol. The van der Waals surface area contributed by atoms with Gasteiger partial charge in [0.2, 0.25) is 0 Å². The van der Waals surface area contributed by atoms with Gasteiger partial charge in [0, 0.05) is 18.5 Å². The Morgan fingerprint density at radius 3 is 2.41 bits per heavy atom. The molecule has 1 aromatic carbocycles. The van der Waals surface area contributed by atoms with Crippen molar-refractivity contribution in [1.29, 1.82) is 0 Å². The van der Waals surface area contributed by atoms with Gasteiger partial charge in [-0.2, -0.15) is 0 Å². The van der Waals surface area contributed by atoms with E-state index in [1.165, 1.54) is 5.56 Å². The summed E-state index contributed by atoms with van der Waals surface area (Å²) in [5, 5.41) is 11.1. The highest BCUT2D eigenvalue weighted by Gasteiger charge is 2.04. The maximum absolute atomic E-state index is 11.6. The number of nitrogens with one attached hydrogen (secondary N) is 1. The maximum Gasteiger partial charge on any atom is 0.303 e. The van der Waals surface area contributed by atoms with Crippen molar-refractivity contribution in [2.45, 2.75) is 26.2 Å². The van der Waals surface area contributed by atoms with Crippen molar-refractivity contribution in [2.24, 2.45) is 0 Å². The van der Waals surface area contributed by atoms with E-state index in [4.69, 9.17) is 5.11 Å². The summed E-state index contributed by atoms with van der Waals surface area (Å²) in [6, 6.07) is 7.41. The third-order valence-corrected chi connectivity index (χ3v) is 2.48. The van der Waals surface area contributed by atoms with Gasteiger partial charge in [0.25, 0.3) is 5.91 Å². The van der Waals surface area contributed by atoms with Gasteiger partial charge in [-0.15, -0.1) is 0 Å². The van der Waals surface area contributed by atoms with Crippen molar-refractivity contribution in [3.05, 3.63) is 35.4 Å². The molecule has 1 amide bonds. The fourth-order valence-electron chi connectivity index (χ4n) is 1.44. The fourth-order valence-corrected chi connectivity index (χ4v) is 1.44. The zero-order valence-corrected chi connectivity index (χ0v) is 9.90. The van der Waals surface area contributed by atoms with Gasteiger partial charge in [-0.1, -0.05) is 19.1 Å². The van der Waals surface area contributed by atoms with E-state index in [1.807, 2.05) is 12.1 Å². The first-order chi connectivity index (χ1) is 8.13. The number of hydrogen-bond donors (Lipinski definition) is 2. The number of benzene rings is 1. The topological polar surface area (TPSA) is 66.4 Å². The van der Waals surface area contributed by atoms with Crippen LogP contribution in [0.15, 0.2) is 24.3 Å². The van der Waals surface area contributed by atoms with Gasteiger partial charge < -0.3 is 10.4 Å². The molecule has 4 nitrogen and oxygen atoms in total. The molecule has 1 aromatic rings. The molecule has 0 unspecified atom stereocenters. The van der Waals surface area contributed by atoms with Gasteiger partial charge in [-0.3, -0.25) is 9.59 Å². The molecule has 0 spiro atoms. The summed E-state index contributed by atoms with van der Waals surface area (Å²) in [5.74, 6) is -0.996. The van der Waals surface area contributed by atoms with Gasteiger partial charge in [0.15, 0.2) is 0 Å². The molecule has 0 atom stereocenters. The Morgan fingerprint density at radius 1 is 1.24 bits per heavy atom. The molecule has 4 heteroatoms. The smallest absolute Gasteiger partial charge is 0.303 e. The van der Waals surface area contributed by atoms with E-state index >= 15 is 0 Å². The summed E-state index contributed by atoms with van der Waals surface area (Å²) in [6.45, 7) is 2.45. The van der Waals surface area contributed by atoms with Gasteiger partial charge in [0.1, 0.15) is 0 Å². The van der Waals surface area contributed by atoms with Crippen molar-refractivity contribution in [3.63, 3.8) is 0 Å². The van der Waals surface area contributed by atoms with E-state index in [9.17, 15) is 9.59 Å². The van der Waals surface area contributed by atoms with Crippen molar-refractivity contribution < 1.29 is 14.7 Å². The number of carbonyl (C=O) groups excluding carboxylic acids is 1. The van der Waals surface area contributed by atoms with Crippen LogP contribution < -0.4 is 5.32 Å². The third-order valence-electron chi connectivity index (χ3n) is 2.48. The van der Waals surface area contributed by atoms with Crippen LogP contribution >= 0.6 is 0 Å². The van der Waals surface area contributed by atoms with E-state index < -0.39 is 5.97 Å². The van der Waals surface area contributed by atoms with Crippen LogP contribution in [0.1, 0.15) is 35.7 Å². The number of carbonyl (C=O) groups is 2. The van der Waals surface area contributed by atoms with Crippen LogP contribution in [0.5, 0.6) is 0 Å². The highest BCUT2D eigenvalue weighted by molar-refractivity contribution is 5.94. The normalized spacial score (nSPS) is 9.94. The molecular formula is C13H17NO3. The summed E-state index contributed by atoms with van der Waals surface area (Å²) in [4.78, 5) is 21.9. The number of carboxylic acid groups (broad SMARTS) is 1. The molecule has 0 aliphatic rings. The Bertz CT molecular complexity index is 384. The van der Waals surface area contributed by atoms with Crippen LogP contribution in [0.2, 0.25) is 0 Å². The molecule has 0 aromatic heterocycles. The Morgan fingerprint density at radius 2 is 1.88 bits per heavy atom. The molecule has 0 fully saturated rings. The molecule has 0 aliphatic carbocycles. The molecule has 0 saturated heterocycles. The molecule has 17 heavy (non-hydrogen) atoms. The lowest BCUT2D eigenvalue weighted by Gasteiger charge is -2.04. The van der Waals surface area contributed by atoms with Crippen LogP contribution in [0.25, 0.3) is 0 Å². The molecule has 0 saturated carbocycles. The van der Waals surface area contributed by atoms with Crippen LogP contribution in [-0.4, -0.2) is 23.5 Å². The first-order valence-corrected chi connectivity index (χ1v) is 5.72. The van der Waals surface area contributed by atoms with E-state index in [1.54, 1.807) is 12.1 Å². The Labute approximate surface area is 101 Å². The lowest BCUT2D eigenvalue weighted by atomic mass is 10.1. The second-order valence-electron chi connectivity index (χ2n) is 3.80. The van der Waals surface area contributed by atoms with Crippen LogP contribution in [-0.2, 0) is 11.2 Å². The molecule has 0 heterocycles. The van der Waals surface area contributed by atoms with Gasteiger partial charge in [-0.05, 0) is 30.5 Å².